The molecule has 4 aliphatic carbocycles. The second kappa shape index (κ2) is 12.0. The van der Waals surface area contributed by atoms with Crippen molar-refractivity contribution in [2.75, 3.05) is 0 Å². The molecule has 12 unspecified atom stereocenters. The molecule has 4 saturated carbocycles. The molecule has 0 aromatic heterocycles. The summed E-state index contributed by atoms with van der Waals surface area (Å²) in [6, 6.07) is 1.59. The smallest absolute Gasteiger partial charge is 0.0578 e. The largest absolute Gasteiger partial charge is 0.0687 e. The minimum atomic E-state index is -1.49. The molecule has 0 spiro atoms. The fourth-order valence-corrected chi connectivity index (χ4v) is 20.8. The summed E-state index contributed by atoms with van der Waals surface area (Å²) in [6.45, 7) is 36.7. The van der Waals surface area contributed by atoms with Crippen molar-refractivity contribution in [3.8, 4) is 0 Å². The van der Waals surface area contributed by atoms with Gasteiger partial charge in [0, 0.05) is 0 Å². The fraction of sp³-hybridized carbons (Fsp3) is 1.00. The highest BCUT2D eigenvalue weighted by Gasteiger charge is 2.61. The monoisotopic (exact) mass is 571 g/mol. The number of fused-ring (bicyclic) bond motifs is 1. The summed E-state index contributed by atoms with van der Waals surface area (Å²) in [5, 5.41) is 0. The first kappa shape index (κ1) is 33.1. The maximum Gasteiger partial charge on any atom is 0.0578 e. The van der Waals surface area contributed by atoms with Crippen LogP contribution in [-0.4, -0.2) is 8.07 Å². The van der Waals surface area contributed by atoms with E-state index in [0.29, 0.717) is 10.8 Å². The Morgan fingerprint density at radius 3 is 1.60 bits per heavy atom. The maximum absolute atomic E-state index is 2.98. The Kier molecular flexibility index (Phi) is 9.90. The molecule has 0 aromatic carbocycles. The van der Waals surface area contributed by atoms with Crippen LogP contribution in [0.3, 0.4) is 0 Å². The van der Waals surface area contributed by atoms with Crippen LogP contribution in [0.1, 0.15) is 141 Å². The average molecular weight is 571 g/mol. The Bertz CT molecular complexity index is 793. The minimum Gasteiger partial charge on any atom is -0.0687 e. The summed E-state index contributed by atoms with van der Waals surface area (Å²) in [4.78, 5) is 0. The van der Waals surface area contributed by atoms with E-state index in [0.717, 1.165) is 82.1 Å². The predicted octanol–water partition coefficient (Wildman–Crippen LogP) is 12.6. The van der Waals surface area contributed by atoms with Crippen LogP contribution < -0.4 is 0 Å². The normalized spacial score (nSPS) is 46.4. The Labute approximate surface area is 254 Å². The number of hydrogen-bond acceptors (Lipinski definition) is 0. The zero-order chi connectivity index (χ0) is 29.9. The van der Waals surface area contributed by atoms with Gasteiger partial charge in [-0.15, -0.1) is 0 Å². The lowest BCUT2D eigenvalue weighted by Crippen LogP contribution is -2.50. The highest BCUT2D eigenvalue weighted by molar-refractivity contribution is 6.81. The zero-order valence-corrected chi connectivity index (χ0v) is 30.9. The lowest BCUT2D eigenvalue weighted by atomic mass is 9.55. The maximum atomic E-state index is 2.98. The molecule has 0 aliphatic heterocycles. The Morgan fingerprint density at radius 1 is 0.650 bits per heavy atom. The van der Waals surface area contributed by atoms with Crippen LogP contribution in [0.15, 0.2) is 0 Å². The average Bonchev–Trinajstić information content (AvgIpc) is 3.35. The molecule has 0 bridgehead atoms. The van der Waals surface area contributed by atoms with E-state index in [1.165, 1.54) is 32.1 Å². The second-order valence-corrected chi connectivity index (χ2v) is 24.2. The Balaban J connectivity index is 1.70. The van der Waals surface area contributed by atoms with Gasteiger partial charge in [-0.2, -0.15) is 0 Å². The van der Waals surface area contributed by atoms with E-state index in [-0.39, 0.29) is 0 Å². The molecule has 0 saturated heterocycles. The summed E-state index contributed by atoms with van der Waals surface area (Å²) in [7, 11) is -1.49. The van der Waals surface area contributed by atoms with Crippen LogP contribution in [0.4, 0.5) is 0 Å². The van der Waals surface area contributed by atoms with Gasteiger partial charge in [0.25, 0.3) is 0 Å². The summed E-state index contributed by atoms with van der Waals surface area (Å²) in [6.07, 6.45) is 12.2. The van der Waals surface area contributed by atoms with Gasteiger partial charge < -0.3 is 0 Å². The van der Waals surface area contributed by atoms with Crippen molar-refractivity contribution in [3.63, 3.8) is 0 Å². The Hall–Kier alpha value is 0.217. The highest BCUT2D eigenvalue weighted by Crippen LogP contribution is 2.68. The molecule has 1 heteroatoms. The SMILES string of the molecule is CCC[Si](C)(C1C(C)C(C)C(C)C1C)C1C(C(C)C)CC2C(C3CC(C(C)(C)C)CC(C(C)(C)C)C3)CCCC21. The molecule has 0 N–H and O–H groups in total. The third kappa shape index (κ3) is 5.96. The molecule has 0 aromatic rings. The molecule has 0 nitrogen and oxygen atoms in total. The number of rotatable bonds is 6. The van der Waals surface area contributed by atoms with Crippen LogP contribution in [0, 0.1) is 81.8 Å². The third-order valence-electron chi connectivity index (χ3n) is 15.2. The van der Waals surface area contributed by atoms with Gasteiger partial charge in [-0.25, -0.2) is 0 Å². The summed E-state index contributed by atoms with van der Waals surface area (Å²) >= 11 is 0. The molecule has 0 radical (unpaired) electrons. The molecule has 12 atom stereocenters. The van der Waals surface area contributed by atoms with E-state index >= 15 is 0 Å². The fourth-order valence-electron chi connectivity index (χ4n) is 12.7. The zero-order valence-electron chi connectivity index (χ0n) is 29.9. The predicted molar refractivity (Wildman–Crippen MR) is 181 cm³/mol. The first-order valence-electron chi connectivity index (χ1n) is 18.4. The van der Waals surface area contributed by atoms with E-state index in [1.807, 2.05) is 0 Å². The van der Waals surface area contributed by atoms with Crippen LogP contribution in [-0.2, 0) is 0 Å². The lowest BCUT2D eigenvalue weighted by Gasteiger charge is -2.52. The first-order chi connectivity index (χ1) is 18.4. The van der Waals surface area contributed by atoms with E-state index in [1.54, 1.807) is 25.3 Å². The molecular formula is C39H74Si. The van der Waals surface area contributed by atoms with Gasteiger partial charge in [-0.05, 0) is 125 Å². The van der Waals surface area contributed by atoms with Gasteiger partial charge in [-0.1, -0.05) is 122 Å². The van der Waals surface area contributed by atoms with Gasteiger partial charge in [-0.3, -0.25) is 0 Å². The van der Waals surface area contributed by atoms with E-state index < -0.39 is 8.07 Å². The molecule has 40 heavy (non-hydrogen) atoms. The van der Waals surface area contributed by atoms with Crippen LogP contribution in [0.2, 0.25) is 23.7 Å². The van der Waals surface area contributed by atoms with Gasteiger partial charge >= 0.3 is 0 Å². The van der Waals surface area contributed by atoms with Crippen molar-refractivity contribution < 1.29 is 0 Å². The minimum absolute atomic E-state index is 0.448. The third-order valence-corrected chi connectivity index (χ3v) is 21.8. The lowest BCUT2D eigenvalue weighted by molar-refractivity contribution is -0.000611. The summed E-state index contributed by atoms with van der Waals surface area (Å²) in [5.74, 6) is 11.4. The van der Waals surface area contributed by atoms with Crippen molar-refractivity contribution in [2.45, 2.75) is 165 Å². The molecule has 234 valence electrons. The van der Waals surface area contributed by atoms with Crippen molar-refractivity contribution in [3.05, 3.63) is 0 Å². The molecular weight excluding hydrogens is 497 g/mol. The van der Waals surface area contributed by atoms with Crippen LogP contribution >= 0.6 is 0 Å². The van der Waals surface area contributed by atoms with Gasteiger partial charge in [0.2, 0.25) is 0 Å². The molecule has 0 heterocycles. The highest BCUT2D eigenvalue weighted by atomic mass is 28.3. The van der Waals surface area contributed by atoms with E-state index in [4.69, 9.17) is 0 Å². The Morgan fingerprint density at radius 2 is 1.15 bits per heavy atom. The first-order valence-corrected chi connectivity index (χ1v) is 21.3. The summed E-state index contributed by atoms with van der Waals surface area (Å²) in [5.41, 5.74) is 3.01. The van der Waals surface area contributed by atoms with E-state index in [2.05, 4.69) is 96.6 Å². The molecule has 4 fully saturated rings. The van der Waals surface area contributed by atoms with Gasteiger partial charge in [0.15, 0.2) is 0 Å². The topological polar surface area (TPSA) is 0 Å². The van der Waals surface area contributed by atoms with Crippen molar-refractivity contribution in [1.29, 1.82) is 0 Å². The second-order valence-electron chi connectivity index (χ2n) is 19.4. The van der Waals surface area contributed by atoms with Crippen LogP contribution in [0.5, 0.6) is 0 Å². The molecule has 4 rings (SSSR count). The number of hydrogen-bond donors (Lipinski definition) is 0. The van der Waals surface area contributed by atoms with Crippen molar-refractivity contribution in [2.24, 2.45) is 81.8 Å². The summed E-state index contributed by atoms with van der Waals surface area (Å²) < 4.78 is 0. The standard InChI is InChI=1S/C39H74Si/c1-15-19-40(14,36-27(6)25(4)26(5)28(36)7)37-33-18-16-17-32(35(33)23-34(37)24(2)3)29-20-30(38(8,9)10)22-31(21-29)39(11,12)13/h24-37H,15-23H2,1-14H3. The van der Waals surface area contributed by atoms with Crippen molar-refractivity contribution in [1.82, 2.24) is 0 Å². The van der Waals surface area contributed by atoms with E-state index in [9.17, 15) is 0 Å². The van der Waals surface area contributed by atoms with Gasteiger partial charge in [0.1, 0.15) is 0 Å². The van der Waals surface area contributed by atoms with Gasteiger partial charge in [0.05, 0.1) is 8.07 Å². The van der Waals surface area contributed by atoms with Crippen molar-refractivity contribution >= 4 is 8.07 Å². The quantitative estimate of drug-likeness (QED) is 0.279. The van der Waals surface area contributed by atoms with Crippen LogP contribution in [0.25, 0.3) is 0 Å². The molecule has 0 amide bonds. The molecule has 4 aliphatic rings.